The number of ether oxygens (including phenoxy) is 2. The zero-order valence-electron chi connectivity index (χ0n) is 30.1. The Morgan fingerprint density at radius 2 is 1.44 bits per heavy atom. The number of nitrogens with zero attached hydrogens (tertiary/aromatic N) is 3. The summed E-state index contributed by atoms with van der Waals surface area (Å²) >= 11 is 18.0. The molecule has 1 aliphatic carbocycles. The highest BCUT2D eigenvalue weighted by molar-refractivity contribution is 6.39. The van der Waals surface area contributed by atoms with Gasteiger partial charge in [0, 0.05) is 33.5 Å². The molecule has 6 rings (SSSR count). The van der Waals surface area contributed by atoms with E-state index >= 15 is 0 Å². The SMILES string of the molecule is O=C(NC[C@H](NC(=O)c1ccc(Nc2nc(NC3(c4ccc(Cl)cc4)CC3)nc(OCC(F)(F)F)n2)cc1)C(=O)O)C(=O)Nc1ccc(Oc2ccc(Cl)cc2Cl)cc1. The molecule has 59 heavy (non-hydrogen) atoms. The maximum Gasteiger partial charge on any atom is 0.422 e. The molecule has 1 heterocycles. The van der Waals surface area contributed by atoms with Gasteiger partial charge >= 0.3 is 30.0 Å². The third-order valence-electron chi connectivity index (χ3n) is 8.39. The maximum atomic E-state index is 13.0. The van der Waals surface area contributed by atoms with Crippen LogP contribution in [-0.2, 0) is 19.9 Å². The first-order valence-electron chi connectivity index (χ1n) is 17.3. The summed E-state index contributed by atoms with van der Waals surface area (Å²) in [4.78, 5) is 62.2. The molecule has 306 valence electrons. The quantitative estimate of drug-likeness (QED) is 0.0572. The number of rotatable bonds is 15. The Balaban J connectivity index is 1.03. The maximum absolute atomic E-state index is 13.0. The summed E-state index contributed by atoms with van der Waals surface area (Å²) in [6, 6.07) is 20.9. The number of carboxylic acid groups (broad SMARTS) is 1. The molecule has 15 nitrogen and oxygen atoms in total. The van der Waals surface area contributed by atoms with E-state index < -0.39 is 60.6 Å². The second-order valence-corrected chi connectivity index (χ2v) is 14.1. The average molecular weight is 874 g/mol. The second kappa shape index (κ2) is 18.0. The van der Waals surface area contributed by atoms with Crippen LogP contribution in [0.25, 0.3) is 0 Å². The number of hydrogen-bond acceptors (Lipinski definition) is 11. The molecular weight excluding hydrogens is 844 g/mol. The summed E-state index contributed by atoms with van der Waals surface area (Å²) in [6.07, 6.45) is -3.29. The molecule has 0 saturated heterocycles. The van der Waals surface area contributed by atoms with Crippen molar-refractivity contribution in [3.8, 4) is 17.5 Å². The van der Waals surface area contributed by atoms with Crippen LogP contribution in [0.15, 0.2) is 91.0 Å². The van der Waals surface area contributed by atoms with E-state index in [-0.39, 0.29) is 28.2 Å². The van der Waals surface area contributed by atoms with Crippen LogP contribution in [0.2, 0.25) is 15.1 Å². The van der Waals surface area contributed by atoms with Crippen molar-refractivity contribution in [2.75, 3.05) is 29.1 Å². The molecule has 3 amide bonds. The smallest absolute Gasteiger partial charge is 0.422 e. The zero-order chi connectivity index (χ0) is 42.3. The van der Waals surface area contributed by atoms with Gasteiger partial charge in [-0.15, -0.1) is 0 Å². The van der Waals surface area contributed by atoms with E-state index in [2.05, 4.69) is 41.5 Å². The summed E-state index contributed by atoms with van der Waals surface area (Å²) in [5.41, 5.74) is 0.808. The highest BCUT2D eigenvalue weighted by Gasteiger charge is 2.45. The van der Waals surface area contributed by atoms with E-state index in [1.807, 2.05) is 12.1 Å². The topological polar surface area (TPSA) is 206 Å². The van der Waals surface area contributed by atoms with Crippen molar-refractivity contribution >= 4 is 81.8 Å². The van der Waals surface area contributed by atoms with E-state index in [0.717, 1.165) is 5.56 Å². The van der Waals surface area contributed by atoms with Crippen LogP contribution in [0.4, 0.5) is 36.4 Å². The van der Waals surface area contributed by atoms with Crippen LogP contribution in [-0.4, -0.2) is 69.1 Å². The Morgan fingerprint density at radius 3 is 2.07 bits per heavy atom. The molecule has 0 aliphatic heterocycles. The largest absolute Gasteiger partial charge is 0.480 e. The lowest BCUT2D eigenvalue weighted by Gasteiger charge is -2.19. The molecule has 21 heteroatoms. The van der Waals surface area contributed by atoms with Gasteiger partial charge in [0.1, 0.15) is 17.5 Å². The molecule has 1 aliphatic rings. The first-order chi connectivity index (χ1) is 28.0. The summed E-state index contributed by atoms with van der Waals surface area (Å²) in [5.74, 6) is -4.14. The molecule has 0 radical (unpaired) electrons. The van der Waals surface area contributed by atoms with Crippen LogP contribution >= 0.6 is 34.8 Å². The van der Waals surface area contributed by atoms with Crippen molar-refractivity contribution in [2.45, 2.75) is 30.6 Å². The lowest BCUT2D eigenvalue weighted by atomic mass is 10.1. The van der Waals surface area contributed by atoms with Gasteiger partial charge in [0.25, 0.3) is 5.91 Å². The Hall–Kier alpha value is -6.37. The van der Waals surface area contributed by atoms with Crippen molar-refractivity contribution in [3.05, 3.63) is 117 Å². The van der Waals surface area contributed by atoms with E-state index in [1.165, 1.54) is 54.6 Å². The van der Waals surface area contributed by atoms with Crippen LogP contribution in [0.1, 0.15) is 28.8 Å². The van der Waals surface area contributed by atoms with Gasteiger partial charge < -0.3 is 41.2 Å². The molecule has 1 saturated carbocycles. The predicted molar refractivity (Wildman–Crippen MR) is 211 cm³/mol. The average Bonchev–Trinajstić information content (AvgIpc) is 3.97. The van der Waals surface area contributed by atoms with Gasteiger partial charge in [-0.1, -0.05) is 46.9 Å². The van der Waals surface area contributed by atoms with Gasteiger partial charge in [-0.3, -0.25) is 14.4 Å². The number of carbonyl (C=O) groups is 4. The van der Waals surface area contributed by atoms with Crippen molar-refractivity contribution < 1.29 is 46.9 Å². The minimum Gasteiger partial charge on any atom is -0.480 e. The molecule has 0 spiro atoms. The summed E-state index contributed by atoms with van der Waals surface area (Å²) in [6.45, 7) is -2.29. The van der Waals surface area contributed by atoms with Gasteiger partial charge in [-0.2, -0.15) is 28.1 Å². The van der Waals surface area contributed by atoms with Gasteiger partial charge in [-0.25, -0.2) is 4.79 Å². The van der Waals surface area contributed by atoms with E-state index in [0.29, 0.717) is 40.1 Å². The van der Waals surface area contributed by atoms with Gasteiger partial charge in [0.05, 0.1) is 10.6 Å². The summed E-state index contributed by atoms with van der Waals surface area (Å²) in [7, 11) is 0. The molecule has 1 fully saturated rings. The fourth-order valence-electron chi connectivity index (χ4n) is 5.30. The molecule has 6 N–H and O–H groups in total. The number of benzene rings is 4. The number of carbonyl (C=O) groups excluding carboxylic acids is 3. The second-order valence-electron chi connectivity index (χ2n) is 12.8. The van der Waals surface area contributed by atoms with Crippen molar-refractivity contribution in [1.29, 1.82) is 0 Å². The number of aliphatic carboxylic acids is 1. The van der Waals surface area contributed by atoms with Gasteiger partial charge in [0.2, 0.25) is 11.9 Å². The van der Waals surface area contributed by atoms with Crippen molar-refractivity contribution in [2.24, 2.45) is 0 Å². The first kappa shape index (κ1) is 42.2. The number of anilines is 4. The Kier molecular flexibility index (Phi) is 12.9. The Labute approximate surface area is 347 Å². The highest BCUT2D eigenvalue weighted by atomic mass is 35.5. The van der Waals surface area contributed by atoms with Crippen molar-refractivity contribution in [1.82, 2.24) is 25.6 Å². The molecule has 0 unspecified atom stereocenters. The highest BCUT2D eigenvalue weighted by Crippen LogP contribution is 2.48. The lowest BCUT2D eigenvalue weighted by molar-refractivity contribution is -0.154. The zero-order valence-corrected chi connectivity index (χ0v) is 32.3. The third kappa shape index (κ3) is 11.8. The molecule has 1 atom stereocenters. The minimum atomic E-state index is -4.66. The van der Waals surface area contributed by atoms with Crippen LogP contribution in [0.5, 0.6) is 17.5 Å². The van der Waals surface area contributed by atoms with Crippen LogP contribution in [0.3, 0.4) is 0 Å². The van der Waals surface area contributed by atoms with Crippen molar-refractivity contribution in [3.63, 3.8) is 0 Å². The van der Waals surface area contributed by atoms with Gasteiger partial charge in [0.15, 0.2) is 6.61 Å². The van der Waals surface area contributed by atoms with Crippen LogP contribution in [0, 0.1) is 0 Å². The van der Waals surface area contributed by atoms with Gasteiger partial charge in [-0.05, 0) is 97.3 Å². The Morgan fingerprint density at radius 1 is 0.797 bits per heavy atom. The summed E-state index contributed by atoms with van der Waals surface area (Å²) < 4.78 is 49.4. The van der Waals surface area contributed by atoms with E-state index in [4.69, 9.17) is 44.3 Å². The molecule has 5 aromatic rings. The number of hydrogen-bond donors (Lipinski definition) is 6. The molecule has 4 aromatic carbocycles. The number of amides is 3. The standard InChI is InChI=1S/C38H30Cl3F3N8O7/c39-22-5-3-21(4-6-22)37(15-16-37)52-35-49-34(50-36(51-35)58-19-38(42,43)44)47-25-8-1-20(2-9-25)30(53)48-28(33(56)57)18-45-31(54)32(55)46-24-10-12-26(13-11-24)59-29-14-7-23(40)17-27(29)41/h1-14,17,28H,15-16,18-19H2,(H,45,54)(H,46,55)(H,48,53)(H,56,57)(H2,47,49,50,51,52)/t28-/m0/s1. The number of halogens is 6. The fraction of sp³-hybridized carbons (Fsp3) is 0.184. The number of carboxylic acids is 1. The number of nitrogens with one attached hydrogen (secondary N) is 5. The summed E-state index contributed by atoms with van der Waals surface area (Å²) in [5, 5.41) is 23.8. The van der Waals surface area contributed by atoms with E-state index in [9.17, 15) is 37.5 Å². The fourth-order valence-corrected chi connectivity index (χ4v) is 5.88. The lowest BCUT2D eigenvalue weighted by Crippen LogP contribution is -2.50. The third-order valence-corrected chi connectivity index (χ3v) is 9.17. The van der Waals surface area contributed by atoms with Crippen LogP contribution < -0.4 is 36.1 Å². The predicted octanol–water partition coefficient (Wildman–Crippen LogP) is 7.35. The van der Waals surface area contributed by atoms with E-state index in [1.54, 1.807) is 24.3 Å². The Bertz CT molecular complexity index is 2350. The first-order valence-corrected chi connectivity index (χ1v) is 18.4. The number of alkyl halides is 3. The monoisotopic (exact) mass is 872 g/mol. The molecule has 1 aromatic heterocycles. The normalized spacial score (nSPS) is 13.3. The molecular formula is C38H30Cl3F3N8O7. The number of aromatic nitrogens is 3. The molecule has 0 bridgehead atoms. The minimum absolute atomic E-state index is 0.00229.